The molecule has 0 aliphatic heterocycles. The summed E-state index contributed by atoms with van der Waals surface area (Å²) in [6.07, 6.45) is 6.07. The number of rotatable bonds is 5. The molecule has 2 aromatic heterocycles. The van der Waals surface area contributed by atoms with Gasteiger partial charge in [-0.25, -0.2) is 10.4 Å². The third-order valence-electron chi connectivity index (χ3n) is 6.03. The number of aromatic nitrogens is 2. The van der Waals surface area contributed by atoms with Gasteiger partial charge in [-0.3, -0.25) is 14.2 Å². The molecule has 1 amide bonds. The summed E-state index contributed by atoms with van der Waals surface area (Å²) in [5.74, 6) is 0.746. The van der Waals surface area contributed by atoms with E-state index in [1.165, 1.54) is 21.3 Å². The molecule has 1 N–H and O–H groups in total. The largest absolute Gasteiger partial charge is 0.286 e. The Morgan fingerprint density at radius 2 is 2.03 bits per heavy atom. The first kappa shape index (κ1) is 21.4. The van der Waals surface area contributed by atoms with Crippen LogP contribution >= 0.6 is 11.3 Å². The maximum atomic E-state index is 13.2. The van der Waals surface area contributed by atoms with Crippen LogP contribution in [0.2, 0.25) is 0 Å². The van der Waals surface area contributed by atoms with Crippen LogP contribution in [-0.2, 0) is 17.6 Å². The molecule has 0 spiro atoms. The number of carbonyl (C=O) groups is 1. The van der Waals surface area contributed by atoms with Crippen LogP contribution in [0.1, 0.15) is 67.6 Å². The molecule has 1 aliphatic rings. The quantitative estimate of drug-likeness (QED) is 0.475. The summed E-state index contributed by atoms with van der Waals surface area (Å²) in [6, 6.07) is 7.34. The molecule has 0 unspecified atom stereocenters. The van der Waals surface area contributed by atoms with Crippen LogP contribution in [0.5, 0.6) is 0 Å². The Bertz CT molecular complexity index is 1190. The molecule has 1 aliphatic carbocycles. The van der Waals surface area contributed by atoms with Gasteiger partial charge in [0.2, 0.25) is 0 Å². The monoisotopic (exact) mass is 436 g/mol. The molecule has 1 aromatic carbocycles. The van der Waals surface area contributed by atoms with Gasteiger partial charge in [0.15, 0.2) is 0 Å². The summed E-state index contributed by atoms with van der Waals surface area (Å²) in [7, 11) is 0. The smallest absolute Gasteiger partial charge is 0.263 e. The normalized spacial score (nSPS) is 17.3. The van der Waals surface area contributed by atoms with E-state index in [0.29, 0.717) is 17.2 Å². The van der Waals surface area contributed by atoms with Crippen LogP contribution in [-0.4, -0.2) is 21.7 Å². The highest BCUT2D eigenvalue weighted by molar-refractivity contribution is 7.18. The Balaban J connectivity index is 1.51. The number of amides is 1. The van der Waals surface area contributed by atoms with E-state index < -0.39 is 6.04 Å². The zero-order valence-corrected chi connectivity index (χ0v) is 19.2. The fourth-order valence-electron chi connectivity index (χ4n) is 3.98. The molecule has 0 saturated heterocycles. The van der Waals surface area contributed by atoms with Gasteiger partial charge in [0.1, 0.15) is 10.9 Å². The summed E-state index contributed by atoms with van der Waals surface area (Å²) in [4.78, 5) is 32.3. The fraction of sp³-hybridized carbons (Fsp3) is 0.417. The van der Waals surface area contributed by atoms with Crippen LogP contribution in [0.15, 0.2) is 40.5 Å². The molecule has 0 radical (unpaired) electrons. The number of hydrazone groups is 1. The summed E-state index contributed by atoms with van der Waals surface area (Å²) in [5.41, 5.74) is 5.68. The first-order chi connectivity index (χ1) is 14.8. The fourth-order valence-corrected chi connectivity index (χ4v) is 5.32. The number of nitrogens with zero attached hydrogens (tertiary/aromatic N) is 3. The summed E-state index contributed by atoms with van der Waals surface area (Å²) in [6.45, 7) is 8.22. The number of benzene rings is 1. The van der Waals surface area contributed by atoms with Crippen molar-refractivity contribution in [3.63, 3.8) is 0 Å². The maximum Gasteiger partial charge on any atom is 0.263 e. The van der Waals surface area contributed by atoms with Crippen LogP contribution in [0.4, 0.5) is 0 Å². The molecule has 4 rings (SSSR count). The first-order valence-electron chi connectivity index (χ1n) is 10.8. The van der Waals surface area contributed by atoms with E-state index >= 15 is 0 Å². The summed E-state index contributed by atoms with van der Waals surface area (Å²) < 4.78 is 1.41. The Morgan fingerprint density at radius 3 is 2.74 bits per heavy atom. The average molecular weight is 437 g/mol. The second-order valence-electron chi connectivity index (χ2n) is 8.72. The Morgan fingerprint density at radius 1 is 1.29 bits per heavy atom. The van der Waals surface area contributed by atoms with E-state index in [-0.39, 0.29) is 11.5 Å². The topological polar surface area (TPSA) is 76.3 Å². The predicted octanol–water partition coefficient (Wildman–Crippen LogP) is 4.42. The Kier molecular flexibility index (Phi) is 6.05. The Labute approximate surface area is 186 Å². The van der Waals surface area contributed by atoms with Crippen LogP contribution in [0.3, 0.4) is 0 Å². The van der Waals surface area contributed by atoms with Gasteiger partial charge in [0.05, 0.1) is 17.9 Å². The van der Waals surface area contributed by atoms with Crippen molar-refractivity contribution in [3.05, 3.63) is 62.5 Å². The SMILES string of the molecule is CC(C)c1ccc(/C=N/NC(=O)[C@@H](C)n2cnc3sc4c(c3c2=O)CC[C@H](C)C4)cc1. The third-order valence-corrected chi connectivity index (χ3v) is 7.19. The number of nitrogens with one attached hydrogen (secondary N) is 1. The molecule has 0 fully saturated rings. The van der Waals surface area contributed by atoms with E-state index in [1.807, 2.05) is 12.1 Å². The van der Waals surface area contributed by atoms with Crippen molar-refractivity contribution in [2.24, 2.45) is 11.0 Å². The van der Waals surface area contributed by atoms with Gasteiger partial charge in [-0.15, -0.1) is 11.3 Å². The lowest BCUT2D eigenvalue weighted by Crippen LogP contribution is -2.34. The van der Waals surface area contributed by atoms with E-state index in [4.69, 9.17) is 0 Å². The molecule has 31 heavy (non-hydrogen) atoms. The maximum absolute atomic E-state index is 13.2. The number of hydrogen-bond acceptors (Lipinski definition) is 5. The number of fused-ring (bicyclic) bond motifs is 3. The first-order valence-corrected chi connectivity index (χ1v) is 11.6. The van der Waals surface area contributed by atoms with E-state index in [9.17, 15) is 9.59 Å². The van der Waals surface area contributed by atoms with Crippen LogP contribution in [0.25, 0.3) is 10.2 Å². The predicted molar refractivity (Wildman–Crippen MR) is 126 cm³/mol. The molecule has 2 atom stereocenters. The van der Waals surface area contributed by atoms with Crippen molar-refractivity contribution in [1.29, 1.82) is 0 Å². The minimum atomic E-state index is -0.706. The molecule has 2 heterocycles. The highest BCUT2D eigenvalue weighted by Gasteiger charge is 2.25. The van der Waals surface area contributed by atoms with E-state index in [0.717, 1.165) is 35.2 Å². The molecular formula is C24H28N4O2S. The third kappa shape index (κ3) is 4.32. The van der Waals surface area contributed by atoms with Crippen molar-refractivity contribution < 1.29 is 4.79 Å². The number of aryl methyl sites for hydroxylation is 1. The average Bonchev–Trinajstić information content (AvgIpc) is 3.12. The Hall–Kier alpha value is -2.80. The van der Waals surface area contributed by atoms with Gasteiger partial charge < -0.3 is 0 Å². The summed E-state index contributed by atoms with van der Waals surface area (Å²) in [5, 5.41) is 4.75. The highest BCUT2D eigenvalue weighted by atomic mass is 32.1. The van der Waals surface area contributed by atoms with Crippen LogP contribution < -0.4 is 11.0 Å². The molecule has 6 nitrogen and oxygen atoms in total. The zero-order valence-electron chi connectivity index (χ0n) is 18.4. The van der Waals surface area contributed by atoms with Gasteiger partial charge in [-0.1, -0.05) is 45.0 Å². The second-order valence-corrected chi connectivity index (χ2v) is 9.80. The van der Waals surface area contributed by atoms with E-state index in [2.05, 4.69) is 48.4 Å². The van der Waals surface area contributed by atoms with Crippen LogP contribution in [0, 0.1) is 5.92 Å². The standard InChI is InChI=1S/C24H28N4O2S/c1-14(2)18-8-6-17(7-9-18)12-26-27-22(29)16(4)28-13-25-23-21(24(28)30)19-10-5-15(3)11-20(19)31-23/h6-9,12-16H,5,10-11H2,1-4H3,(H,27,29)/b26-12+/t15-,16+/m0/s1. The second kappa shape index (κ2) is 8.75. The van der Waals surface area contributed by atoms with Gasteiger partial charge in [-0.2, -0.15) is 5.10 Å². The molecule has 7 heteroatoms. The van der Waals surface area contributed by atoms with Gasteiger partial charge in [0, 0.05) is 4.88 Å². The van der Waals surface area contributed by atoms with Gasteiger partial charge >= 0.3 is 0 Å². The minimum absolute atomic E-state index is 0.145. The lowest BCUT2D eigenvalue weighted by molar-refractivity contribution is -0.123. The zero-order chi connectivity index (χ0) is 22.1. The lowest BCUT2D eigenvalue weighted by atomic mass is 9.89. The molecule has 0 saturated carbocycles. The number of hydrogen-bond donors (Lipinski definition) is 1. The van der Waals surface area contributed by atoms with Gasteiger partial charge in [0.25, 0.3) is 11.5 Å². The molecule has 0 bridgehead atoms. The van der Waals surface area contributed by atoms with Crippen molar-refractivity contribution in [2.75, 3.05) is 0 Å². The number of thiophene rings is 1. The number of carbonyl (C=O) groups excluding carboxylic acids is 1. The minimum Gasteiger partial charge on any atom is -0.286 e. The molecular weight excluding hydrogens is 408 g/mol. The van der Waals surface area contributed by atoms with Crippen molar-refractivity contribution >= 4 is 33.7 Å². The molecule has 162 valence electrons. The lowest BCUT2D eigenvalue weighted by Gasteiger charge is -2.18. The van der Waals surface area contributed by atoms with Gasteiger partial charge in [-0.05, 0) is 54.7 Å². The summed E-state index contributed by atoms with van der Waals surface area (Å²) >= 11 is 1.61. The van der Waals surface area contributed by atoms with Crippen molar-refractivity contribution in [3.8, 4) is 0 Å². The highest BCUT2D eigenvalue weighted by Crippen LogP contribution is 2.35. The van der Waals surface area contributed by atoms with Crippen molar-refractivity contribution in [1.82, 2.24) is 15.0 Å². The van der Waals surface area contributed by atoms with E-state index in [1.54, 1.807) is 24.5 Å². The molecule has 3 aromatic rings. The van der Waals surface area contributed by atoms with Crippen molar-refractivity contribution in [2.45, 2.75) is 58.9 Å².